The number of hydrogen-bond donors (Lipinski definition) is 2. The van der Waals surface area contributed by atoms with E-state index in [2.05, 4.69) is 60.8 Å². The van der Waals surface area contributed by atoms with Crippen LogP contribution in [0.15, 0.2) is 48.6 Å². The van der Waals surface area contributed by atoms with E-state index in [1.54, 1.807) is 0 Å². The first kappa shape index (κ1) is 24.9. The standard InChI is InChI=1S/C24H43NO/c1-2-3-4-5-6-7-8-9-10-11-12-13-14-15-16-17-18-19-20-21-22-25-23-24-26/h6-7,9-10,12-13,15-16,25-26H,2-5,8,11,14,17-24H2,1H3. The van der Waals surface area contributed by atoms with Crippen LogP contribution >= 0.6 is 0 Å². The zero-order valence-electron chi connectivity index (χ0n) is 17.2. The van der Waals surface area contributed by atoms with Crippen LogP contribution in [0.25, 0.3) is 0 Å². The van der Waals surface area contributed by atoms with E-state index < -0.39 is 0 Å². The maximum Gasteiger partial charge on any atom is 0.0555 e. The summed E-state index contributed by atoms with van der Waals surface area (Å²) in [5.41, 5.74) is 0. The lowest BCUT2D eigenvalue weighted by Gasteiger charge is -2.01. The van der Waals surface area contributed by atoms with E-state index >= 15 is 0 Å². The second kappa shape index (κ2) is 23.9. The van der Waals surface area contributed by atoms with Gasteiger partial charge >= 0.3 is 0 Å². The largest absolute Gasteiger partial charge is 0.395 e. The second-order valence-corrected chi connectivity index (χ2v) is 6.77. The van der Waals surface area contributed by atoms with Gasteiger partial charge in [-0.2, -0.15) is 0 Å². The molecule has 26 heavy (non-hydrogen) atoms. The Bertz CT molecular complexity index is 368. The first-order chi connectivity index (χ1) is 12.9. The highest BCUT2D eigenvalue weighted by Crippen LogP contribution is 2.04. The minimum atomic E-state index is 0.242. The summed E-state index contributed by atoms with van der Waals surface area (Å²) in [5, 5.41) is 11.9. The van der Waals surface area contributed by atoms with Crippen LogP contribution in [0, 0.1) is 0 Å². The minimum Gasteiger partial charge on any atom is -0.395 e. The predicted molar refractivity (Wildman–Crippen MR) is 118 cm³/mol. The van der Waals surface area contributed by atoms with Gasteiger partial charge in [0.25, 0.3) is 0 Å². The highest BCUT2D eigenvalue weighted by atomic mass is 16.3. The first-order valence-corrected chi connectivity index (χ1v) is 10.8. The van der Waals surface area contributed by atoms with Crippen LogP contribution in [-0.2, 0) is 0 Å². The molecule has 0 aliphatic carbocycles. The Balaban J connectivity index is 3.31. The quantitative estimate of drug-likeness (QED) is 0.203. The molecular formula is C24H43NO. The van der Waals surface area contributed by atoms with Gasteiger partial charge in [0.1, 0.15) is 0 Å². The lowest BCUT2D eigenvalue weighted by molar-refractivity contribution is 0.292. The van der Waals surface area contributed by atoms with Crippen molar-refractivity contribution in [1.82, 2.24) is 5.32 Å². The molecular weight excluding hydrogens is 318 g/mol. The summed E-state index contributed by atoms with van der Waals surface area (Å²) in [5.74, 6) is 0. The highest BCUT2D eigenvalue weighted by Gasteiger charge is 1.89. The van der Waals surface area contributed by atoms with Crippen LogP contribution in [0.4, 0.5) is 0 Å². The summed E-state index contributed by atoms with van der Waals surface area (Å²) in [7, 11) is 0. The van der Waals surface area contributed by atoms with Gasteiger partial charge in [-0.3, -0.25) is 0 Å². The van der Waals surface area contributed by atoms with E-state index in [4.69, 9.17) is 5.11 Å². The molecule has 0 amide bonds. The highest BCUT2D eigenvalue weighted by molar-refractivity contribution is 4.99. The molecule has 0 aromatic heterocycles. The first-order valence-electron chi connectivity index (χ1n) is 10.8. The van der Waals surface area contributed by atoms with E-state index in [0.29, 0.717) is 0 Å². The number of allylic oxidation sites excluding steroid dienone is 8. The third-order valence-corrected chi connectivity index (χ3v) is 4.22. The van der Waals surface area contributed by atoms with Gasteiger partial charge in [0, 0.05) is 6.54 Å². The third kappa shape index (κ3) is 22.9. The Kier molecular flexibility index (Phi) is 22.9. The molecule has 0 aromatic carbocycles. The molecule has 0 aliphatic heterocycles. The molecule has 0 unspecified atom stereocenters. The van der Waals surface area contributed by atoms with Gasteiger partial charge in [-0.15, -0.1) is 0 Å². The normalized spacial score (nSPS) is 12.5. The molecule has 2 heteroatoms. The van der Waals surface area contributed by atoms with E-state index in [1.807, 2.05) is 0 Å². The minimum absolute atomic E-state index is 0.242. The number of nitrogens with one attached hydrogen (secondary N) is 1. The molecule has 0 fully saturated rings. The molecule has 0 spiro atoms. The Hall–Kier alpha value is -1.12. The van der Waals surface area contributed by atoms with Crippen molar-refractivity contribution in [3.8, 4) is 0 Å². The molecule has 0 saturated heterocycles. The number of unbranched alkanes of at least 4 members (excludes halogenated alkanes) is 7. The van der Waals surface area contributed by atoms with Gasteiger partial charge in [-0.05, 0) is 57.9 Å². The van der Waals surface area contributed by atoms with Gasteiger partial charge in [0.2, 0.25) is 0 Å². The van der Waals surface area contributed by atoms with Crippen molar-refractivity contribution in [2.75, 3.05) is 19.7 Å². The molecule has 0 heterocycles. The number of aliphatic hydroxyl groups excluding tert-OH is 1. The Labute approximate surface area is 163 Å². The molecule has 2 nitrogen and oxygen atoms in total. The summed E-state index contributed by atoms with van der Waals surface area (Å²) in [6, 6.07) is 0. The Morgan fingerprint density at radius 1 is 0.577 bits per heavy atom. The van der Waals surface area contributed by atoms with Crippen molar-refractivity contribution < 1.29 is 5.11 Å². The van der Waals surface area contributed by atoms with Crippen LogP contribution in [0.3, 0.4) is 0 Å². The number of rotatable bonds is 19. The molecule has 0 aliphatic rings. The van der Waals surface area contributed by atoms with Crippen molar-refractivity contribution in [2.24, 2.45) is 0 Å². The van der Waals surface area contributed by atoms with Gasteiger partial charge in [0.05, 0.1) is 6.61 Å². The molecule has 0 rings (SSSR count). The Morgan fingerprint density at radius 3 is 1.62 bits per heavy atom. The van der Waals surface area contributed by atoms with Gasteiger partial charge in [-0.1, -0.05) is 81.2 Å². The van der Waals surface area contributed by atoms with E-state index in [9.17, 15) is 0 Å². The zero-order valence-corrected chi connectivity index (χ0v) is 17.2. The van der Waals surface area contributed by atoms with E-state index in [1.165, 1.54) is 57.8 Å². The maximum atomic E-state index is 8.65. The smallest absolute Gasteiger partial charge is 0.0555 e. The molecule has 0 saturated carbocycles. The molecule has 0 atom stereocenters. The second-order valence-electron chi connectivity index (χ2n) is 6.77. The van der Waals surface area contributed by atoms with Crippen LogP contribution in [0.5, 0.6) is 0 Å². The topological polar surface area (TPSA) is 32.3 Å². The van der Waals surface area contributed by atoms with Crippen molar-refractivity contribution >= 4 is 0 Å². The lowest BCUT2D eigenvalue weighted by atomic mass is 10.1. The van der Waals surface area contributed by atoms with Crippen molar-refractivity contribution in [3.05, 3.63) is 48.6 Å². The SMILES string of the molecule is CCCCCC=CCC=CCC=CCC=CCCCCCCNCCO. The van der Waals surface area contributed by atoms with Crippen molar-refractivity contribution in [1.29, 1.82) is 0 Å². The molecule has 0 radical (unpaired) electrons. The summed E-state index contributed by atoms with van der Waals surface area (Å²) < 4.78 is 0. The van der Waals surface area contributed by atoms with Crippen LogP contribution in [-0.4, -0.2) is 24.8 Å². The maximum absolute atomic E-state index is 8.65. The van der Waals surface area contributed by atoms with Crippen molar-refractivity contribution in [2.45, 2.75) is 84.0 Å². The lowest BCUT2D eigenvalue weighted by Crippen LogP contribution is -2.19. The number of hydrogen-bond acceptors (Lipinski definition) is 2. The average molecular weight is 362 g/mol. The van der Waals surface area contributed by atoms with Gasteiger partial charge in [-0.25, -0.2) is 0 Å². The molecule has 0 aromatic rings. The third-order valence-electron chi connectivity index (χ3n) is 4.22. The van der Waals surface area contributed by atoms with Gasteiger partial charge in [0.15, 0.2) is 0 Å². The predicted octanol–water partition coefficient (Wildman–Crippen LogP) is 6.49. The summed E-state index contributed by atoms with van der Waals surface area (Å²) in [4.78, 5) is 0. The van der Waals surface area contributed by atoms with Crippen LogP contribution in [0.1, 0.15) is 84.0 Å². The fraction of sp³-hybridized carbons (Fsp3) is 0.667. The fourth-order valence-electron chi connectivity index (χ4n) is 2.63. The van der Waals surface area contributed by atoms with Crippen molar-refractivity contribution in [3.63, 3.8) is 0 Å². The molecule has 150 valence electrons. The summed E-state index contributed by atoms with van der Waals surface area (Å²) in [6.07, 6.45) is 32.9. The summed E-state index contributed by atoms with van der Waals surface area (Å²) >= 11 is 0. The Morgan fingerprint density at radius 2 is 1.08 bits per heavy atom. The fourth-order valence-corrected chi connectivity index (χ4v) is 2.63. The van der Waals surface area contributed by atoms with E-state index in [-0.39, 0.29) is 6.61 Å². The van der Waals surface area contributed by atoms with E-state index in [0.717, 1.165) is 32.4 Å². The van der Waals surface area contributed by atoms with Crippen LogP contribution in [0.2, 0.25) is 0 Å². The number of aliphatic hydroxyl groups is 1. The molecule has 2 N–H and O–H groups in total. The molecule has 0 bridgehead atoms. The zero-order chi connectivity index (χ0) is 19.0. The van der Waals surface area contributed by atoms with Crippen LogP contribution < -0.4 is 5.32 Å². The average Bonchev–Trinajstić information content (AvgIpc) is 2.66. The monoisotopic (exact) mass is 361 g/mol. The summed E-state index contributed by atoms with van der Waals surface area (Å²) in [6.45, 7) is 4.25. The van der Waals surface area contributed by atoms with Gasteiger partial charge < -0.3 is 10.4 Å².